The third-order valence-corrected chi connectivity index (χ3v) is 3.79. The molecule has 24 heavy (non-hydrogen) atoms. The Balaban J connectivity index is 1.98. The number of guanidine groups is 1. The Morgan fingerprint density at radius 2 is 2.04 bits per heavy atom. The Kier molecular flexibility index (Phi) is 6.13. The minimum Gasteiger partial charge on any atom is -0.357 e. The molecule has 0 saturated heterocycles. The summed E-state index contributed by atoms with van der Waals surface area (Å²) in [4.78, 5) is 12.3. The monoisotopic (exact) mass is 357 g/mol. The van der Waals surface area contributed by atoms with E-state index in [2.05, 4.69) is 25.6 Å². The Bertz CT molecular complexity index is 696. The van der Waals surface area contributed by atoms with Crippen LogP contribution >= 0.6 is 11.3 Å². The van der Waals surface area contributed by atoms with Crippen LogP contribution in [-0.2, 0) is 19.3 Å². The van der Waals surface area contributed by atoms with E-state index in [1.165, 1.54) is 0 Å². The average molecular weight is 357 g/mol. The fourth-order valence-electron chi connectivity index (χ4n) is 1.87. The molecule has 9 heteroatoms. The van der Waals surface area contributed by atoms with Gasteiger partial charge in [-0.05, 0) is 26.0 Å². The van der Waals surface area contributed by atoms with Gasteiger partial charge in [0.1, 0.15) is 5.01 Å². The van der Waals surface area contributed by atoms with Gasteiger partial charge in [-0.15, -0.1) is 11.3 Å². The second kappa shape index (κ2) is 8.09. The van der Waals surface area contributed by atoms with Crippen molar-refractivity contribution in [3.05, 3.63) is 45.7 Å². The molecule has 0 radical (unpaired) electrons. The van der Waals surface area contributed by atoms with Crippen LogP contribution in [0.1, 0.15) is 29.0 Å². The van der Waals surface area contributed by atoms with Crippen LogP contribution < -0.4 is 10.6 Å². The molecule has 2 N–H and O–H groups in total. The van der Waals surface area contributed by atoms with Gasteiger partial charge in [-0.1, -0.05) is 6.07 Å². The van der Waals surface area contributed by atoms with Gasteiger partial charge in [-0.2, -0.15) is 13.2 Å². The van der Waals surface area contributed by atoms with Gasteiger partial charge in [0.2, 0.25) is 0 Å². The number of aryl methyl sites for hydroxylation is 1. The lowest BCUT2D eigenvalue weighted by molar-refractivity contribution is -0.140. The summed E-state index contributed by atoms with van der Waals surface area (Å²) in [6.45, 7) is 5.00. The minimum atomic E-state index is -4.41. The molecule has 2 aromatic rings. The average Bonchev–Trinajstić information content (AvgIpc) is 2.99. The molecule has 0 unspecified atom stereocenters. The third kappa shape index (κ3) is 5.48. The number of nitrogens with one attached hydrogen (secondary N) is 2. The molecule has 0 saturated carbocycles. The molecule has 0 aliphatic heterocycles. The molecular weight excluding hydrogens is 339 g/mol. The van der Waals surface area contributed by atoms with E-state index in [1.54, 1.807) is 0 Å². The molecular formula is C15H18F3N5S. The van der Waals surface area contributed by atoms with E-state index >= 15 is 0 Å². The summed E-state index contributed by atoms with van der Waals surface area (Å²) in [7, 11) is 0. The van der Waals surface area contributed by atoms with Gasteiger partial charge < -0.3 is 10.6 Å². The first-order valence-corrected chi connectivity index (χ1v) is 8.22. The number of halogens is 3. The lowest BCUT2D eigenvalue weighted by atomic mass is 10.3. The van der Waals surface area contributed by atoms with Gasteiger partial charge in [-0.3, -0.25) is 4.98 Å². The van der Waals surface area contributed by atoms with E-state index in [9.17, 15) is 13.2 Å². The van der Waals surface area contributed by atoms with Crippen LogP contribution in [0.5, 0.6) is 0 Å². The van der Waals surface area contributed by atoms with E-state index in [-0.39, 0.29) is 6.54 Å². The van der Waals surface area contributed by atoms with E-state index in [0.717, 1.165) is 28.1 Å². The zero-order valence-electron chi connectivity index (χ0n) is 13.3. The van der Waals surface area contributed by atoms with Crippen molar-refractivity contribution in [3.63, 3.8) is 0 Å². The highest BCUT2D eigenvalue weighted by Gasteiger charge is 2.33. The fourth-order valence-corrected chi connectivity index (χ4v) is 2.61. The van der Waals surface area contributed by atoms with Crippen LogP contribution in [0.2, 0.25) is 0 Å². The second-order valence-electron chi connectivity index (χ2n) is 4.94. The molecule has 0 amide bonds. The number of aliphatic imine (C=N–C) groups is 1. The summed E-state index contributed by atoms with van der Waals surface area (Å²) in [5, 5.41) is 7.38. The number of hydrogen-bond acceptors (Lipinski definition) is 4. The van der Waals surface area contributed by atoms with E-state index in [4.69, 9.17) is 0 Å². The normalized spacial score (nSPS) is 12.3. The maximum Gasteiger partial charge on any atom is 0.434 e. The molecule has 0 aliphatic carbocycles. The molecule has 0 aliphatic rings. The Morgan fingerprint density at radius 3 is 2.67 bits per heavy atom. The smallest absolute Gasteiger partial charge is 0.357 e. The molecule has 0 bridgehead atoms. The standard InChI is InChI=1S/C15H18F3N5S/c1-3-19-14(20-7-11-6-4-5-10(2)22-11)21-8-13-23-12(9-24-13)15(16,17)18/h4-6,9H,3,7-8H2,1-2H3,(H2,19,20,21). The first-order chi connectivity index (χ1) is 11.4. The number of hydrogen-bond donors (Lipinski definition) is 2. The van der Waals surface area contributed by atoms with Gasteiger partial charge in [0.15, 0.2) is 11.7 Å². The molecule has 5 nitrogen and oxygen atoms in total. The molecule has 2 aromatic heterocycles. The van der Waals surface area contributed by atoms with Crippen molar-refractivity contribution in [1.29, 1.82) is 0 Å². The van der Waals surface area contributed by atoms with Crippen LogP contribution in [0, 0.1) is 6.92 Å². The van der Waals surface area contributed by atoms with Crippen LogP contribution in [-0.4, -0.2) is 22.5 Å². The fraction of sp³-hybridized carbons (Fsp3) is 0.400. The first-order valence-electron chi connectivity index (χ1n) is 7.35. The molecule has 0 spiro atoms. The molecule has 2 heterocycles. The number of pyridine rings is 1. The number of thiazole rings is 1. The molecule has 2 rings (SSSR count). The highest BCUT2D eigenvalue weighted by Crippen LogP contribution is 2.29. The van der Waals surface area contributed by atoms with Crippen molar-refractivity contribution in [2.45, 2.75) is 33.1 Å². The summed E-state index contributed by atoms with van der Waals surface area (Å²) >= 11 is 0.964. The summed E-state index contributed by atoms with van der Waals surface area (Å²) in [5.41, 5.74) is 0.860. The van der Waals surface area contributed by atoms with Crippen molar-refractivity contribution < 1.29 is 13.2 Å². The predicted molar refractivity (Wildman–Crippen MR) is 87.7 cm³/mol. The van der Waals surface area contributed by atoms with Crippen molar-refractivity contribution in [1.82, 2.24) is 20.6 Å². The number of nitrogens with zero attached hydrogens (tertiary/aromatic N) is 3. The van der Waals surface area contributed by atoms with Crippen LogP contribution in [0.25, 0.3) is 0 Å². The van der Waals surface area contributed by atoms with E-state index < -0.39 is 11.9 Å². The number of alkyl halides is 3. The Labute approximate surface area is 142 Å². The van der Waals surface area contributed by atoms with Crippen molar-refractivity contribution in [2.24, 2.45) is 4.99 Å². The summed E-state index contributed by atoms with van der Waals surface area (Å²) in [6, 6.07) is 5.68. The minimum absolute atomic E-state index is 0.174. The summed E-state index contributed by atoms with van der Waals surface area (Å²) in [5.74, 6) is 0.504. The number of aromatic nitrogens is 2. The zero-order chi connectivity index (χ0) is 17.6. The van der Waals surface area contributed by atoms with Crippen LogP contribution in [0.3, 0.4) is 0 Å². The molecule has 0 aromatic carbocycles. The molecule has 0 atom stereocenters. The largest absolute Gasteiger partial charge is 0.434 e. The zero-order valence-corrected chi connectivity index (χ0v) is 14.1. The maximum absolute atomic E-state index is 12.5. The second-order valence-corrected chi connectivity index (χ2v) is 5.89. The Hall–Kier alpha value is -2.16. The highest BCUT2D eigenvalue weighted by molar-refractivity contribution is 7.09. The van der Waals surface area contributed by atoms with Gasteiger partial charge in [0.05, 0.1) is 18.8 Å². The lowest BCUT2D eigenvalue weighted by Crippen LogP contribution is -2.36. The predicted octanol–water partition coefficient (Wildman–Crippen LogP) is 3.12. The SMILES string of the molecule is CCNC(=NCc1cccc(C)n1)NCc1nc(C(F)(F)F)cs1. The van der Waals surface area contributed by atoms with Crippen LogP contribution in [0.15, 0.2) is 28.6 Å². The topological polar surface area (TPSA) is 62.2 Å². The van der Waals surface area contributed by atoms with E-state index in [1.807, 2.05) is 32.0 Å². The highest BCUT2D eigenvalue weighted by atomic mass is 32.1. The van der Waals surface area contributed by atoms with Crippen molar-refractivity contribution in [3.8, 4) is 0 Å². The van der Waals surface area contributed by atoms with Crippen molar-refractivity contribution >= 4 is 17.3 Å². The van der Waals surface area contributed by atoms with E-state index in [0.29, 0.717) is 24.1 Å². The van der Waals surface area contributed by atoms with Gasteiger partial charge in [-0.25, -0.2) is 9.98 Å². The Morgan fingerprint density at radius 1 is 1.25 bits per heavy atom. The molecule has 130 valence electrons. The van der Waals surface area contributed by atoms with Crippen LogP contribution in [0.4, 0.5) is 13.2 Å². The first kappa shape index (κ1) is 18.2. The number of rotatable bonds is 5. The van der Waals surface area contributed by atoms with Gasteiger partial charge >= 0.3 is 6.18 Å². The summed E-state index contributed by atoms with van der Waals surface area (Å²) in [6.07, 6.45) is -4.41. The lowest BCUT2D eigenvalue weighted by Gasteiger charge is -2.10. The molecule has 0 fully saturated rings. The van der Waals surface area contributed by atoms with Gasteiger partial charge in [0.25, 0.3) is 0 Å². The third-order valence-electron chi connectivity index (χ3n) is 2.94. The quantitative estimate of drug-likeness (QED) is 0.638. The maximum atomic E-state index is 12.5. The van der Waals surface area contributed by atoms with Crippen molar-refractivity contribution in [2.75, 3.05) is 6.54 Å². The summed E-state index contributed by atoms with van der Waals surface area (Å²) < 4.78 is 37.6. The van der Waals surface area contributed by atoms with Gasteiger partial charge in [0, 0.05) is 17.6 Å².